The summed E-state index contributed by atoms with van der Waals surface area (Å²) in [6.07, 6.45) is 1.16. The third kappa shape index (κ3) is 5.77. The normalized spacial score (nSPS) is 10.5. The highest BCUT2D eigenvalue weighted by Gasteiger charge is 2.10. The van der Waals surface area contributed by atoms with Crippen molar-refractivity contribution in [2.75, 3.05) is 10.6 Å². The number of benzene rings is 2. The number of nitrogens with zero attached hydrogens (tertiary/aromatic N) is 2. The monoisotopic (exact) mass is 378 g/mol. The Morgan fingerprint density at radius 2 is 1.82 bits per heavy atom. The lowest BCUT2D eigenvalue weighted by Gasteiger charge is -2.04. The van der Waals surface area contributed by atoms with Crippen LogP contribution in [0.5, 0.6) is 0 Å². The lowest BCUT2D eigenvalue weighted by atomic mass is 10.1. The average Bonchev–Trinajstić information content (AvgIpc) is 3.09. The van der Waals surface area contributed by atoms with Gasteiger partial charge in [0.1, 0.15) is 0 Å². The van der Waals surface area contributed by atoms with E-state index >= 15 is 0 Å². The topological polar surface area (TPSA) is 97.1 Å². The van der Waals surface area contributed by atoms with E-state index in [1.807, 2.05) is 55.5 Å². The number of carbonyl (C=O) groups is 2. The summed E-state index contributed by atoms with van der Waals surface area (Å²) in [4.78, 5) is 27.5. The summed E-state index contributed by atoms with van der Waals surface area (Å²) in [5.74, 6) is 0.784. The standard InChI is InChI=1S/C21H22N4O3/c1-14-4-3-5-18(12-14)23-20(27)10-11-21-24-19(25-28-21)13-16-6-8-17(9-7-16)22-15(2)26/h3-9,12H,10-11,13H2,1-2H3,(H,22,26)(H,23,27). The fourth-order valence-electron chi connectivity index (χ4n) is 2.72. The van der Waals surface area contributed by atoms with Gasteiger partial charge in [-0.2, -0.15) is 4.98 Å². The third-order valence-electron chi connectivity index (χ3n) is 4.01. The fourth-order valence-corrected chi connectivity index (χ4v) is 2.72. The van der Waals surface area contributed by atoms with E-state index in [0.29, 0.717) is 24.6 Å². The smallest absolute Gasteiger partial charge is 0.227 e. The van der Waals surface area contributed by atoms with Crippen molar-refractivity contribution in [3.63, 3.8) is 0 Å². The van der Waals surface area contributed by atoms with Crippen LogP contribution >= 0.6 is 0 Å². The summed E-state index contributed by atoms with van der Waals surface area (Å²) in [6.45, 7) is 3.44. The largest absolute Gasteiger partial charge is 0.339 e. The number of rotatable bonds is 7. The molecular weight excluding hydrogens is 356 g/mol. The summed E-state index contributed by atoms with van der Waals surface area (Å²) < 4.78 is 5.23. The second-order valence-corrected chi connectivity index (χ2v) is 6.58. The highest BCUT2D eigenvalue weighted by atomic mass is 16.5. The molecule has 0 aliphatic heterocycles. The molecule has 7 nitrogen and oxygen atoms in total. The second kappa shape index (κ2) is 8.94. The van der Waals surface area contributed by atoms with Gasteiger partial charge in [0.05, 0.1) is 0 Å². The van der Waals surface area contributed by atoms with Gasteiger partial charge in [-0.15, -0.1) is 0 Å². The van der Waals surface area contributed by atoms with Gasteiger partial charge >= 0.3 is 0 Å². The minimum Gasteiger partial charge on any atom is -0.339 e. The zero-order chi connectivity index (χ0) is 19.9. The highest BCUT2D eigenvalue weighted by Crippen LogP contribution is 2.14. The fraction of sp³-hybridized carbons (Fsp3) is 0.238. The number of hydrogen-bond acceptors (Lipinski definition) is 5. The van der Waals surface area contributed by atoms with Crippen molar-refractivity contribution in [2.24, 2.45) is 0 Å². The molecule has 2 amide bonds. The molecule has 1 heterocycles. The van der Waals surface area contributed by atoms with Gasteiger partial charge in [-0.1, -0.05) is 29.4 Å². The Morgan fingerprint density at radius 1 is 1.04 bits per heavy atom. The molecule has 2 aromatic carbocycles. The predicted molar refractivity (Wildman–Crippen MR) is 106 cm³/mol. The lowest BCUT2D eigenvalue weighted by Crippen LogP contribution is -2.12. The van der Waals surface area contributed by atoms with Crippen molar-refractivity contribution in [3.05, 3.63) is 71.4 Å². The van der Waals surface area contributed by atoms with Crippen LogP contribution in [-0.2, 0) is 22.4 Å². The Morgan fingerprint density at radius 3 is 2.54 bits per heavy atom. The van der Waals surface area contributed by atoms with Crippen molar-refractivity contribution in [2.45, 2.75) is 33.1 Å². The van der Waals surface area contributed by atoms with Gasteiger partial charge < -0.3 is 15.2 Å². The van der Waals surface area contributed by atoms with Crippen molar-refractivity contribution >= 4 is 23.2 Å². The van der Waals surface area contributed by atoms with E-state index < -0.39 is 0 Å². The Hall–Kier alpha value is -3.48. The quantitative estimate of drug-likeness (QED) is 0.656. The van der Waals surface area contributed by atoms with E-state index in [1.165, 1.54) is 6.92 Å². The summed E-state index contributed by atoms with van der Waals surface area (Å²) in [5.41, 5.74) is 3.60. The Bertz CT molecular complexity index is 964. The van der Waals surface area contributed by atoms with Crippen LogP contribution in [-0.4, -0.2) is 22.0 Å². The van der Waals surface area contributed by atoms with Crippen molar-refractivity contribution < 1.29 is 14.1 Å². The molecule has 0 spiro atoms. The number of aromatic nitrogens is 2. The Kier molecular flexibility index (Phi) is 6.16. The number of anilines is 2. The summed E-state index contributed by atoms with van der Waals surface area (Å²) in [7, 11) is 0. The molecule has 0 bridgehead atoms. The molecule has 0 fully saturated rings. The Labute approximate surface area is 163 Å². The van der Waals surface area contributed by atoms with E-state index in [9.17, 15) is 9.59 Å². The van der Waals surface area contributed by atoms with Crippen LogP contribution in [0.3, 0.4) is 0 Å². The van der Waals surface area contributed by atoms with Gasteiger partial charge in [0.25, 0.3) is 0 Å². The number of carbonyl (C=O) groups excluding carboxylic acids is 2. The van der Waals surface area contributed by atoms with E-state index in [-0.39, 0.29) is 18.2 Å². The first-order valence-electron chi connectivity index (χ1n) is 9.02. The van der Waals surface area contributed by atoms with Crippen LogP contribution in [0.15, 0.2) is 53.1 Å². The van der Waals surface area contributed by atoms with Crippen molar-refractivity contribution in [1.82, 2.24) is 10.1 Å². The minimum atomic E-state index is -0.109. The van der Waals surface area contributed by atoms with Crippen LogP contribution in [0, 0.1) is 6.92 Å². The van der Waals surface area contributed by atoms with Crippen LogP contribution in [0.1, 0.15) is 36.2 Å². The van der Waals surface area contributed by atoms with Crippen LogP contribution in [0.25, 0.3) is 0 Å². The molecule has 0 saturated carbocycles. The van der Waals surface area contributed by atoms with Gasteiger partial charge in [0.2, 0.25) is 17.7 Å². The van der Waals surface area contributed by atoms with Gasteiger partial charge in [0, 0.05) is 37.6 Å². The van der Waals surface area contributed by atoms with Gasteiger partial charge in [-0.05, 0) is 42.3 Å². The maximum absolute atomic E-state index is 12.1. The van der Waals surface area contributed by atoms with Crippen molar-refractivity contribution in [1.29, 1.82) is 0 Å². The summed E-state index contributed by atoms with van der Waals surface area (Å²) in [6, 6.07) is 15.1. The number of aryl methyl sites for hydroxylation is 2. The first-order valence-corrected chi connectivity index (χ1v) is 9.02. The molecule has 7 heteroatoms. The van der Waals surface area contributed by atoms with E-state index in [0.717, 1.165) is 22.5 Å². The summed E-state index contributed by atoms with van der Waals surface area (Å²) in [5, 5.41) is 9.55. The van der Waals surface area contributed by atoms with E-state index in [2.05, 4.69) is 20.8 Å². The summed E-state index contributed by atoms with van der Waals surface area (Å²) >= 11 is 0. The van der Waals surface area contributed by atoms with Gasteiger partial charge in [-0.3, -0.25) is 9.59 Å². The second-order valence-electron chi connectivity index (χ2n) is 6.58. The molecule has 0 atom stereocenters. The Balaban J connectivity index is 1.50. The molecule has 28 heavy (non-hydrogen) atoms. The van der Waals surface area contributed by atoms with Gasteiger partial charge in [-0.25, -0.2) is 0 Å². The molecule has 0 saturated heterocycles. The van der Waals surface area contributed by atoms with Gasteiger partial charge in [0.15, 0.2) is 5.82 Å². The maximum Gasteiger partial charge on any atom is 0.227 e. The van der Waals surface area contributed by atoms with Crippen molar-refractivity contribution in [3.8, 4) is 0 Å². The number of amides is 2. The maximum atomic E-state index is 12.1. The minimum absolute atomic E-state index is 0.0982. The zero-order valence-electron chi connectivity index (χ0n) is 15.9. The predicted octanol–water partition coefficient (Wildman–Crippen LogP) is 3.50. The van der Waals surface area contributed by atoms with Crippen LogP contribution in [0.2, 0.25) is 0 Å². The van der Waals surface area contributed by atoms with Crippen LogP contribution in [0.4, 0.5) is 11.4 Å². The number of nitrogens with one attached hydrogen (secondary N) is 2. The zero-order valence-corrected chi connectivity index (χ0v) is 15.9. The SMILES string of the molecule is CC(=O)Nc1ccc(Cc2noc(CCC(=O)Nc3cccc(C)c3)n2)cc1. The average molecular weight is 378 g/mol. The molecular formula is C21H22N4O3. The molecule has 0 unspecified atom stereocenters. The third-order valence-corrected chi connectivity index (χ3v) is 4.01. The lowest BCUT2D eigenvalue weighted by molar-refractivity contribution is -0.116. The number of hydrogen-bond donors (Lipinski definition) is 2. The highest BCUT2D eigenvalue weighted by molar-refractivity contribution is 5.90. The molecule has 3 rings (SSSR count). The molecule has 0 aliphatic carbocycles. The first-order chi connectivity index (χ1) is 13.5. The van der Waals surface area contributed by atoms with E-state index in [1.54, 1.807) is 0 Å². The van der Waals surface area contributed by atoms with Crippen LogP contribution < -0.4 is 10.6 Å². The first kappa shape index (κ1) is 19.3. The molecule has 0 aliphatic rings. The molecule has 2 N–H and O–H groups in total. The molecule has 1 aromatic heterocycles. The molecule has 3 aromatic rings. The molecule has 0 radical (unpaired) electrons. The van der Waals surface area contributed by atoms with E-state index in [4.69, 9.17) is 4.52 Å². The molecule has 144 valence electrons.